The number of fused-ring (bicyclic) bond motifs is 2. The number of aromatic nitrogens is 5. The van der Waals surface area contributed by atoms with Crippen LogP contribution in [0.15, 0.2) is 53.6 Å². The lowest BCUT2D eigenvalue weighted by atomic mass is 10.1. The number of carbonyl (C=O) groups is 1. The van der Waals surface area contributed by atoms with Gasteiger partial charge in [0, 0.05) is 47.8 Å². The molecule has 0 aliphatic rings. The fraction of sp³-hybridized carbons (Fsp3) is 0.269. The summed E-state index contributed by atoms with van der Waals surface area (Å²) >= 11 is 0. The van der Waals surface area contributed by atoms with Gasteiger partial charge in [0.2, 0.25) is 0 Å². The van der Waals surface area contributed by atoms with Crippen LogP contribution < -0.4 is 11.4 Å². The highest BCUT2D eigenvalue weighted by molar-refractivity contribution is 5.96. The van der Waals surface area contributed by atoms with E-state index in [1.807, 2.05) is 28.6 Å². The van der Waals surface area contributed by atoms with E-state index in [9.17, 15) is 26.7 Å². The number of hydrogen-bond acceptors (Lipinski definition) is 4. The van der Waals surface area contributed by atoms with Crippen LogP contribution in [0.5, 0.6) is 0 Å². The molecule has 5 rings (SSSR count). The Morgan fingerprint density at radius 3 is 2.25 bits per heavy atom. The molecule has 3 aromatic heterocycles. The van der Waals surface area contributed by atoms with Crippen molar-refractivity contribution in [2.45, 2.75) is 32.0 Å². The van der Waals surface area contributed by atoms with E-state index in [1.54, 1.807) is 12.1 Å². The number of H-pyrrole nitrogens is 1. The van der Waals surface area contributed by atoms with Gasteiger partial charge in [-0.05, 0) is 55.8 Å². The van der Waals surface area contributed by atoms with E-state index in [0.29, 0.717) is 40.9 Å². The largest absolute Gasteiger partial charge is 0.490 e. The number of nitrogens with one attached hydrogen (secondary N) is 1. The van der Waals surface area contributed by atoms with E-state index >= 15 is 0 Å². The third-order valence-corrected chi connectivity index (χ3v) is 6.27. The number of benzene rings is 2. The van der Waals surface area contributed by atoms with Crippen molar-refractivity contribution in [3.63, 3.8) is 0 Å². The maximum Gasteiger partial charge on any atom is 0.490 e. The number of unbranched alkanes of at least 4 members (excludes halogenated alkanes) is 2. The minimum Gasteiger partial charge on any atom is -0.475 e. The molecule has 4 N–H and O–H groups in total. The lowest BCUT2D eigenvalue weighted by molar-refractivity contribution is -0.192. The van der Waals surface area contributed by atoms with E-state index in [4.69, 9.17) is 15.6 Å². The van der Waals surface area contributed by atoms with Crippen LogP contribution in [-0.2, 0) is 18.4 Å². The van der Waals surface area contributed by atoms with Crippen molar-refractivity contribution in [1.29, 1.82) is 0 Å². The van der Waals surface area contributed by atoms with Crippen molar-refractivity contribution >= 4 is 27.8 Å². The Morgan fingerprint density at radius 2 is 1.62 bits per heavy atom. The van der Waals surface area contributed by atoms with E-state index < -0.39 is 23.7 Å². The maximum absolute atomic E-state index is 14.2. The molecule has 14 heteroatoms. The average molecular weight is 565 g/mol. The zero-order valence-corrected chi connectivity index (χ0v) is 21.2. The number of hydrogen-bond donors (Lipinski definition) is 3. The number of aryl methyl sites for hydroxylation is 2. The van der Waals surface area contributed by atoms with Gasteiger partial charge in [0.15, 0.2) is 5.82 Å². The molecule has 9 nitrogen and oxygen atoms in total. The van der Waals surface area contributed by atoms with E-state index in [1.165, 1.54) is 28.8 Å². The van der Waals surface area contributed by atoms with Gasteiger partial charge in [-0.15, -0.1) is 0 Å². The van der Waals surface area contributed by atoms with Crippen molar-refractivity contribution in [2.24, 2.45) is 12.8 Å². The standard InChI is InChI=1S/C24H24F2N6O.C2HF3O2/c1-30-13-19(17-11-15(25)5-7-20(17)30)23-28-29-24(33)32(23)22-14-31(10-4-2-3-9-27)21-8-6-16(26)12-18(21)22;3-2(4,5)1(6)7/h5-8,11-14H,2-4,9-10,27H2,1H3,(H,29,33);(H,6,7). The second-order valence-electron chi connectivity index (χ2n) is 9.02. The van der Waals surface area contributed by atoms with Crippen LogP contribution in [0.1, 0.15) is 19.3 Å². The Hall–Kier alpha value is -4.46. The molecule has 0 saturated heterocycles. The number of alkyl halides is 3. The highest BCUT2D eigenvalue weighted by Gasteiger charge is 2.38. The molecule has 0 fully saturated rings. The number of aromatic amines is 1. The molecule has 40 heavy (non-hydrogen) atoms. The summed E-state index contributed by atoms with van der Waals surface area (Å²) in [6.45, 7) is 1.35. The smallest absolute Gasteiger partial charge is 0.475 e. The summed E-state index contributed by atoms with van der Waals surface area (Å²) in [5, 5.41) is 15.1. The van der Waals surface area contributed by atoms with Gasteiger partial charge in [0.1, 0.15) is 11.6 Å². The predicted octanol–water partition coefficient (Wildman–Crippen LogP) is 4.71. The number of aliphatic carboxylic acids is 1. The van der Waals surface area contributed by atoms with Gasteiger partial charge in [-0.3, -0.25) is 0 Å². The molecular formula is C26H25F5N6O3. The number of carboxylic acids is 1. The highest BCUT2D eigenvalue weighted by atomic mass is 19.4. The Balaban J connectivity index is 0.000000470. The lowest BCUT2D eigenvalue weighted by Gasteiger charge is -2.04. The Labute approximate surface area is 223 Å². The topological polar surface area (TPSA) is 124 Å². The van der Waals surface area contributed by atoms with Crippen molar-refractivity contribution in [1.82, 2.24) is 23.9 Å². The predicted molar refractivity (Wildman–Crippen MR) is 138 cm³/mol. The zero-order valence-electron chi connectivity index (χ0n) is 21.2. The average Bonchev–Trinajstić information content (AvgIpc) is 3.54. The van der Waals surface area contributed by atoms with Gasteiger partial charge >= 0.3 is 17.8 Å². The summed E-state index contributed by atoms with van der Waals surface area (Å²) in [7, 11) is 1.85. The molecule has 0 saturated carbocycles. The second-order valence-corrected chi connectivity index (χ2v) is 9.02. The molecule has 2 aromatic carbocycles. The Morgan fingerprint density at radius 1 is 1.00 bits per heavy atom. The van der Waals surface area contributed by atoms with Gasteiger partial charge in [-0.2, -0.15) is 18.3 Å². The molecule has 0 spiro atoms. The molecule has 212 valence electrons. The minimum atomic E-state index is -5.08. The molecule has 0 aliphatic heterocycles. The van der Waals surface area contributed by atoms with Gasteiger partial charge < -0.3 is 20.0 Å². The first-order chi connectivity index (χ1) is 18.9. The van der Waals surface area contributed by atoms with Crippen molar-refractivity contribution in [3.05, 3.63) is 70.9 Å². The van der Waals surface area contributed by atoms with E-state index in [-0.39, 0.29) is 5.82 Å². The normalized spacial score (nSPS) is 11.7. The van der Waals surface area contributed by atoms with Crippen LogP contribution in [0.2, 0.25) is 0 Å². The molecule has 3 heterocycles. The summed E-state index contributed by atoms with van der Waals surface area (Å²) in [6, 6.07) is 9.06. The number of nitrogens with two attached hydrogens (primary N) is 1. The van der Waals surface area contributed by atoms with Crippen LogP contribution in [-0.4, -0.2) is 47.7 Å². The summed E-state index contributed by atoms with van der Waals surface area (Å²) < 4.78 is 65.3. The summed E-state index contributed by atoms with van der Waals surface area (Å²) in [6.07, 6.45) is 1.39. The second kappa shape index (κ2) is 11.3. The molecule has 0 aliphatic carbocycles. The molecule has 0 amide bonds. The SMILES string of the molecule is Cn1cc(-c2n[nH]c(=O)n2-c2cn(CCCCCN)c3ccc(F)cc23)c2cc(F)ccc21.O=C(O)C(F)(F)F. The van der Waals surface area contributed by atoms with E-state index in [0.717, 1.165) is 30.3 Å². The number of nitrogens with zero attached hydrogens (tertiary/aromatic N) is 4. The van der Waals surface area contributed by atoms with Crippen LogP contribution >= 0.6 is 0 Å². The summed E-state index contributed by atoms with van der Waals surface area (Å²) in [5.74, 6) is -3.19. The minimum absolute atomic E-state index is 0.336. The van der Waals surface area contributed by atoms with Crippen LogP contribution in [0.25, 0.3) is 38.9 Å². The van der Waals surface area contributed by atoms with E-state index in [2.05, 4.69) is 10.2 Å². The molecule has 0 unspecified atom stereocenters. The van der Waals surface area contributed by atoms with Gasteiger partial charge in [0.25, 0.3) is 0 Å². The van der Waals surface area contributed by atoms with Crippen molar-refractivity contribution in [3.8, 4) is 17.1 Å². The first-order valence-corrected chi connectivity index (χ1v) is 12.1. The van der Waals surface area contributed by atoms with Gasteiger partial charge in [-0.25, -0.2) is 28.0 Å². The first kappa shape index (κ1) is 28.5. The zero-order chi connectivity index (χ0) is 29.2. The number of halogens is 5. The number of carboxylic acid groups (broad SMARTS) is 1. The van der Waals surface area contributed by atoms with Crippen LogP contribution in [0.3, 0.4) is 0 Å². The van der Waals surface area contributed by atoms with Crippen molar-refractivity contribution < 1.29 is 31.9 Å². The molecular weight excluding hydrogens is 539 g/mol. The first-order valence-electron chi connectivity index (χ1n) is 12.1. The Kier molecular flexibility index (Phi) is 8.09. The van der Waals surface area contributed by atoms with Gasteiger partial charge in [-0.1, -0.05) is 6.42 Å². The maximum atomic E-state index is 14.2. The fourth-order valence-electron chi connectivity index (χ4n) is 4.46. The molecule has 0 bridgehead atoms. The lowest BCUT2D eigenvalue weighted by Crippen LogP contribution is -2.21. The molecule has 0 atom stereocenters. The molecule has 5 aromatic rings. The van der Waals surface area contributed by atoms with Crippen LogP contribution in [0, 0.1) is 11.6 Å². The third-order valence-electron chi connectivity index (χ3n) is 6.27. The number of rotatable bonds is 7. The third kappa shape index (κ3) is 5.76. The quantitative estimate of drug-likeness (QED) is 0.195. The highest BCUT2D eigenvalue weighted by Crippen LogP contribution is 2.33. The fourth-order valence-corrected chi connectivity index (χ4v) is 4.46. The monoisotopic (exact) mass is 564 g/mol. The molecule has 0 radical (unpaired) electrons. The Bertz CT molecular complexity index is 1730. The summed E-state index contributed by atoms with van der Waals surface area (Å²) in [4.78, 5) is 21.8. The van der Waals surface area contributed by atoms with Crippen LogP contribution in [0.4, 0.5) is 22.0 Å². The summed E-state index contributed by atoms with van der Waals surface area (Å²) in [5.41, 5.74) is 7.90. The van der Waals surface area contributed by atoms with Gasteiger partial charge in [0.05, 0.1) is 11.2 Å². The van der Waals surface area contributed by atoms with Crippen molar-refractivity contribution in [2.75, 3.05) is 6.54 Å².